The van der Waals surface area contributed by atoms with Crippen LogP contribution in [0.3, 0.4) is 0 Å². The smallest absolute Gasteiger partial charge is 0.288 e. The maximum atomic E-state index is 11.7. The topological polar surface area (TPSA) is 117 Å². The van der Waals surface area contributed by atoms with E-state index in [1.165, 1.54) is 0 Å². The second-order valence-electron chi connectivity index (χ2n) is 5.13. The van der Waals surface area contributed by atoms with Gasteiger partial charge in [0, 0.05) is 6.54 Å². The first-order valence-electron chi connectivity index (χ1n) is 6.17. The zero-order valence-corrected chi connectivity index (χ0v) is 10.4. The molecule has 0 atom stereocenters. The molecule has 1 heterocycles. The summed E-state index contributed by atoms with van der Waals surface area (Å²) in [5.41, 5.74) is 4.52. The average Bonchev–Trinajstić information content (AvgIpc) is 2.77. The third kappa shape index (κ3) is 2.98. The van der Waals surface area contributed by atoms with Crippen LogP contribution in [0.15, 0.2) is 0 Å². The molecule has 0 unspecified atom stereocenters. The van der Waals surface area contributed by atoms with Crippen molar-refractivity contribution in [3.63, 3.8) is 0 Å². The average molecular weight is 253 g/mol. The van der Waals surface area contributed by atoms with E-state index in [0.717, 1.165) is 12.8 Å². The number of aromatic nitrogens is 3. The first kappa shape index (κ1) is 12.8. The van der Waals surface area contributed by atoms with Gasteiger partial charge < -0.3 is 16.2 Å². The fourth-order valence-electron chi connectivity index (χ4n) is 2.18. The molecule has 0 spiro atoms. The second-order valence-corrected chi connectivity index (χ2v) is 5.13. The minimum atomic E-state index is -0.798. The monoisotopic (exact) mass is 253 g/mol. The number of nitrogens with one attached hydrogen (secondary N) is 2. The summed E-state index contributed by atoms with van der Waals surface area (Å²) in [6.07, 6.45) is 3.41. The number of nitrogens with two attached hydrogens (primary N) is 1. The van der Waals surface area contributed by atoms with E-state index in [1.54, 1.807) is 0 Å². The summed E-state index contributed by atoms with van der Waals surface area (Å²) >= 11 is 0. The van der Waals surface area contributed by atoms with Crippen LogP contribution >= 0.6 is 0 Å². The van der Waals surface area contributed by atoms with E-state index in [2.05, 4.69) is 27.4 Å². The molecule has 0 aromatic carbocycles. The highest BCUT2D eigenvalue weighted by Crippen LogP contribution is 2.31. The van der Waals surface area contributed by atoms with Gasteiger partial charge in [-0.2, -0.15) is 4.98 Å². The van der Waals surface area contributed by atoms with Crippen LogP contribution in [-0.4, -0.2) is 38.3 Å². The van der Waals surface area contributed by atoms with Crippen LogP contribution < -0.4 is 11.1 Å². The third-order valence-electron chi connectivity index (χ3n) is 3.50. The molecule has 1 saturated carbocycles. The molecular weight excluding hydrogens is 234 g/mol. The van der Waals surface area contributed by atoms with Crippen molar-refractivity contribution in [3.05, 3.63) is 5.82 Å². The van der Waals surface area contributed by atoms with Gasteiger partial charge in [0.1, 0.15) is 0 Å². The summed E-state index contributed by atoms with van der Waals surface area (Å²) in [5, 5.41) is 19.0. The van der Waals surface area contributed by atoms with E-state index in [4.69, 9.17) is 5.73 Å². The van der Waals surface area contributed by atoms with Crippen LogP contribution in [0.5, 0.6) is 0 Å². The van der Waals surface area contributed by atoms with Crippen LogP contribution in [0.4, 0.5) is 5.95 Å². The third-order valence-corrected chi connectivity index (χ3v) is 3.50. The molecule has 18 heavy (non-hydrogen) atoms. The van der Waals surface area contributed by atoms with Crippen molar-refractivity contribution in [3.8, 4) is 0 Å². The Bertz CT molecular complexity index is 423. The fraction of sp³-hybridized carbons (Fsp3) is 0.727. The number of carbonyl (C=O) groups excluding carboxylic acids is 1. The Hall–Kier alpha value is -1.63. The molecule has 7 heteroatoms. The number of carbonyl (C=O) groups is 1. The highest BCUT2D eigenvalue weighted by molar-refractivity contribution is 5.90. The Morgan fingerprint density at radius 3 is 2.83 bits per heavy atom. The van der Waals surface area contributed by atoms with Crippen molar-refractivity contribution in [1.82, 2.24) is 20.5 Å². The molecule has 1 aliphatic carbocycles. The van der Waals surface area contributed by atoms with Crippen LogP contribution in [0.25, 0.3) is 0 Å². The molecule has 1 aromatic rings. The van der Waals surface area contributed by atoms with E-state index in [1.807, 2.05) is 0 Å². The number of rotatable bonds is 3. The molecule has 0 saturated heterocycles. The molecule has 1 amide bonds. The fourth-order valence-corrected chi connectivity index (χ4v) is 2.18. The molecule has 100 valence electrons. The standard InChI is InChI=1S/C11H19N5O2/c1-7-2-4-11(18,5-3-7)6-13-9(17)8-14-10(12)16-15-8/h7,18H,2-6H2,1H3,(H,13,17)(H3,12,14,15,16). The van der Waals surface area contributed by atoms with E-state index in [-0.39, 0.29) is 18.3 Å². The number of anilines is 1. The van der Waals surface area contributed by atoms with Gasteiger partial charge >= 0.3 is 0 Å². The lowest BCUT2D eigenvalue weighted by atomic mass is 9.79. The molecule has 1 fully saturated rings. The summed E-state index contributed by atoms with van der Waals surface area (Å²) in [6, 6.07) is 0. The van der Waals surface area contributed by atoms with E-state index < -0.39 is 11.5 Å². The van der Waals surface area contributed by atoms with Crippen molar-refractivity contribution in [2.24, 2.45) is 5.92 Å². The zero-order chi connectivity index (χ0) is 13.2. The van der Waals surface area contributed by atoms with Crippen LogP contribution in [0.2, 0.25) is 0 Å². The molecule has 7 nitrogen and oxygen atoms in total. The van der Waals surface area contributed by atoms with Gasteiger partial charge in [-0.3, -0.25) is 9.89 Å². The van der Waals surface area contributed by atoms with E-state index in [0.29, 0.717) is 18.8 Å². The van der Waals surface area contributed by atoms with Gasteiger partial charge in [0.25, 0.3) is 5.91 Å². The maximum absolute atomic E-state index is 11.7. The summed E-state index contributed by atoms with van der Waals surface area (Å²) in [4.78, 5) is 15.4. The summed E-state index contributed by atoms with van der Waals surface area (Å²) in [5.74, 6) is 0.354. The minimum Gasteiger partial charge on any atom is -0.388 e. The van der Waals surface area contributed by atoms with E-state index >= 15 is 0 Å². The molecule has 5 N–H and O–H groups in total. The molecule has 1 aromatic heterocycles. The van der Waals surface area contributed by atoms with Crippen LogP contribution in [-0.2, 0) is 0 Å². The molecule has 0 radical (unpaired) electrons. The van der Waals surface area contributed by atoms with Gasteiger partial charge in [-0.25, -0.2) is 0 Å². The molecular formula is C11H19N5O2. The predicted octanol–water partition coefficient (Wildman–Crippen LogP) is 0.0579. The number of hydrogen-bond donors (Lipinski definition) is 4. The summed E-state index contributed by atoms with van der Waals surface area (Å²) in [7, 11) is 0. The van der Waals surface area contributed by atoms with Gasteiger partial charge in [-0.05, 0) is 31.6 Å². The Kier molecular flexibility index (Phi) is 3.51. The lowest BCUT2D eigenvalue weighted by Gasteiger charge is -2.34. The minimum absolute atomic E-state index is 0.0327. The van der Waals surface area contributed by atoms with Gasteiger partial charge in [0.15, 0.2) is 0 Å². The summed E-state index contributed by atoms with van der Waals surface area (Å²) < 4.78 is 0. The number of hydrogen-bond acceptors (Lipinski definition) is 5. The first-order chi connectivity index (χ1) is 8.48. The lowest BCUT2D eigenvalue weighted by molar-refractivity contribution is -0.00547. The number of H-pyrrole nitrogens is 1. The van der Waals surface area contributed by atoms with Gasteiger partial charge in [0.05, 0.1) is 5.60 Å². The second kappa shape index (κ2) is 4.93. The van der Waals surface area contributed by atoms with Gasteiger partial charge in [-0.1, -0.05) is 6.92 Å². The molecule has 0 bridgehead atoms. The maximum Gasteiger partial charge on any atom is 0.288 e. The highest BCUT2D eigenvalue weighted by atomic mass is 16.3. The van der Waals surface area contributed by atoms with Crippen LogP contribution in [0, 0.1) is 5.92 Å². The normalized spacial score (nSPS) is 28.0. The van der Waals surface area contributed by atoms with Crippen molar-refractivity contribution >= 4 is 11.9 Å². The number of aliphatic hydroxyl groups is 1. The van der Waals surface area contributed by atoms with Crippen molar-refractivity contribution < 1.29 is 9.90 Å². The Labute approximate surface area is 105 Å². The van der Waals surface area contributed by atoms with Gasteiger partial charge in [-0.15, -0.1) is 5.10 Å². The summed E-state index contributed by atoms with van der Waals surface area (Å²) in [6.45, 7) is 2.41. The number of amides is 1. The number of nitrogens with zero attached hydrogens (tertiary/aromatic N) is 2. The van der Waals surface area contributed by atoms with Crippen LogP contribution in [0.1, 0.15) is 43.2 Å². The van der Waals surface area contributed by atoms with Crippen molar-refractivity contribution in [2.45, 2.75) is 38.2 Å². The predicted molar refractivity (Wildman–Crippen MR) is 65.7 cm³/mol. The Morgan fingerprint density at radius 1 is 1.61 bits per heavy atom. The lowest BCUT2D eigenvalue weighted by Crippen LogP contribution is -2.45. The SMILES string of the molecule is CC1CCC(O)(CNC(=O)c2nc(N)n[nH]2)CC1. The number of aromatic amines is 1. The Morgan fingerprint density at radius 2 is 2.28 bits per heavy atom. The first-order valence-corrected chi connectivity index (χ1v) is 6.17. The number of nitrogen functional groups attached to an aromatic ring is 1. The van der Waals surface area contributed by atoms with Gasteiger partial charge in [0.2, 0.25) is 11.8 Å². The van der Waals surface area contributed by atoms with E-state index in [9.17, 15) is 9.90 Å². The zero-order valence-electron chi connectivity index (χ0n) is 10.4. The highest BCUT2D eigenvalue weighted by Gasteiger charge is 2.32. The van der Waals surface area contributed by atoms with Crippen molar-refractivity contribution in [1.29, 1.82) is 0 Å². The van der Waals surface area contributed by atoms with Crippen molar-refractivity contribution in [2.75, 3.05) is 12.3 Å². The Balaban J connectivity index is 1.86. The molecule has 1 aliphatic rings. The molecule has 0 aliphatic heterocycles. The molecule has 2 rings (SSSR count). The largest absolute Gasteiger partial charge is 0.388 e. The quantitative estimate of drug-likeness (QED) is 0.607.